The van der Waals surface area contributed by atoms with Gasteiger partial charge in [0.15, 0.2) is 0 Å². The van der Waals surface area contributed by atoms with Crippen molar-refractivity contribution < 1.29 is 0 Å². The lowest BCUT2D eigenvalue weighted by Gasteiger charge is -2.39. The number of nitrogens with zero attached hydrogens (tertiary/aromatic N) is 4. The second-order valence-corrected chi connectivity index (χ2v) is 7.29. The molecule has 3 N–H and O–H groups in total. The number of hydrogen-bond acceptors (Lipinski definition) is 5. The molecule has 4 rings (SSSR count). The standard InChI is InChI=1S/C20H23ClN6/c1-26-10-11-27(13-17(26)12-22)20-18(14-6-8-23-9-7-14)19(24-25-20)15-2-4-16(21)5-3-15/h2-9,17H,10-13,22H2,1H3,(H,24,25). The van der Waals surface area contributed by atoms with Crippen LogP contribution >= 0.6 is 11.6 Å². The van der Waals surface area contributed by atoms with Crippen LogP contribution in [0.25, 0.3) is 22.4 Å². The number of nitrogens with one attached hydrogen (secondary N) is 1. The summed E-state index contributed by atoms with van der Waals surface area (Å²) in [5, 5.41) is 8.65. The number of piperazine rings is 1. The third kappa shape index (κ3) is 3.56. The summed E-state index contributed by atoms with van der Waals surface area (Å²) in [4.78, 5) is 8.83. The lowest BCUT2D eigenvalue weighted by molar-refractivity contribution is 0.223. The molecular weight excluding hydrogens is 360 g/mol. The quantitative estimate of drug-likeness (QED) is 0.725. The van der Waals surface area contributed by atoms with Crippen LogP contribution in [0.3, 0.4) is 0 Å². The molecule has 0 bridgehead atoms. The molecule has 0 amide bonds. The number of aromatic nitrogens is 3. The molecule has 1 aliphatic rings. The molecular formula is C20H23ClN6. The highest BCUT2D eigenvalue weighted by molar-refractivity contribution is 6.30. The van der Waals surface area contributed by atoms with E-state index in [9.17, 15) is 0 Å². The fourth-order valence-electron chi connectivity index (χ4n) is 3.57. The molecule has 0 spiro atoms. The molecule has 0 aliphatic carbocycles. The average molecular weight is 383 g/mol. The van der Waals surface area contributed by atoms with Gasteiger partial charge in [-0.25, -0.2) is 0 Å². The van der Waals surface area contributed by atoms with Gasteiger partial charge in [-0.1, -0.05) is 23.7 Å². The molecule has 3 aromatic rings. The van der Waals surface area contributed by atoms with E-state index < -0.39 is 0 Å². The van der Waals surface area contributed by atoms with Crippen LogP contribution in [0.5, 0.6) is 0 Å². The predicted molar refractivity (Wildman–Crippen MR) is 110 cm³/mol. The zero-order valence-corrected chi connectivity index (χ0v) is 16.0. The molecule has 6 nitrogen and oxygen atoms in total. The number of anilines is 1. The Balaban J connectivity index is 1.79. The lowest BCUT2D eigenvalue weighted by atomic mass is 10.0. The summed E-state index contributed by atoms with van der Waals surface area (Å²) >= 11 is 6.07. The lowest BCUT2D eigenvalue weighted by Crippen LogP contribution is -2.54. The number of aromatic amines is 1. The van der Waals surface area contributed by atoms with E-state index in [2.05, 4.69) is 32.0 Å². The molecule has 1 aliphatic heterocycles. The molecule has 7 heteroatoms. The first-order valence-corrected chi connectivity index (χ1v) is 9.45. The minimum absolute atomic E-state index is 0.325. The van der Waals surface area contributed by atoms with E-state index >= 15 is 0 Å². The van der Waals surface area contributed by atoms with Gasteiger partial charge in [-0.15, -0.1) is 0 Å². The first-order valence-electron chi connectivity index (χ1n) is 9.07. The van der Waals surface area contributed by atoms with Crippen LogP contribution < -0.4 is 10.6 Å². The molecule has 1 fully saturated rings. The Labute approximate surface area is 164 Å². The SMILES string of the molecule is CN1CCN(c2[nH]nc(-c3ccc(Cl)cc3)c2-c2ccncc2)CC1CN. The van der Waals surface area contributed by atoms with Crippen molar-refractivity contribution in [3.8, 4) is 22.4 Å². The predicted octanol–water partition coefficient (Wildman–Crippen LogP) is 2.87. The first-order chi connectivity index (χ1) is 13.2. The van der Waals surface area contributed by atoms with Gasteiger partial charge in [0, 0.05) is 55.2 Å². The monoisotopic (exact) mass is 382 g/mol. The highest BCUT2D eigenvalue weighted by Gasteiger charge is 2.28. The van der Waals surface area contributed by atoms with Crippen molar-refractivity contribution in [1.82, 2.24) is 20.1 Å². The molecule has 1 aromatic carbocycles. The minimum atomic E-state index is 0.325. The number of benzene rings is 1. The molecule has 3 heterocycles. The van der Waals surface area contributed by atoms with E-state index in [1.807, 2.05) is 48.8 Å². The highest BCUT2D eigenvalue weighted by Crippen LogP contribution is 2.38. The maximum atomic E-state index is 6.07. The zero-order valence-electron chi connectivity index (χ0n) is 15.3. The van der Waals surface area contributed by atoms with Gasteiger partial charge in [0.05, 0.1) is 5.56 Å². The minimum Gasteiger partial charge on any atom is -0.354 e. The Bertz CT molecular complexity index is 893. The van der Waals surface area contributed by atoms with Gasteiger partial charge in [0.2, 0.25) is 0 Å². The highest BCUT2D eigenvalue weighted by atomic mass is 35.5. The second-order valence-electron chi connectivity index (χ2n) is 6.85. The molecule has 0 saturated carbocycles. The van der Waals surface area contributed by atoms with Crippen LogP contribution in [0.2, 0.25) is 5.02 Å². The van der Waals surface area contributed by atoms with E-state index in [0.29, 0.717) is 17.6 Å². The van der Waals surface area contributed by atoms with Gasteiger partial charge in [0.1, 0.15) is 11.5 Å². The third-order valence-electron chi connectivity index (χ3n) is 5.20. The van der Waals surface area contributed by atoms with Crippen molar-refractivity contribution in [3.63, 3.8) is 0 Å². The smallest absolute Gasteiger partial charge is 0.132 e. The Morgan fingerprint density at radius 3 is 2.56 bits per heavy atom. The Morgan fingerprint density at radius 1 is 1.11 bits per heavy atom. The number of hydrogen-bond donors (Lipinski definition) is 2. The summed E-state index contributed by atoms with van der Waals surface area (Å²) in [6.45, 7) is 3.39. The topological polar surface area (TPSA) is 74.1 Å². The van der Waals surface area contributed by atoms with Gasteiger partial charge in [-0.2, -0.15) is 5.10 Å². The maximum absolute atomic E-state index is 6.07. The molecule has 1 saturated heterocycles. The van der Waals surface area contributed by atoms with Gasteiger partial charge >= 0.3 is 0 Å². The number of likely N-dealkylation sites (N-methyl/N-ethyl adjacent to an activating group) is 1. The average Bonchev–Trinajstić information content (AvgIpc) is 3.14. The second kappa shape index (κ2) is 7.68. The normalized spacial score (nSPS) is 18.0. The molecule has 140 valence electrons. The summed E-state index contributed by atoms with van der Waals surface area (Å²) in [5.74, 6) is 1.03. The van der Waals surface area contributed by atoms with Crippen LogP contribution in [-0.2, 0) is 0 Å². The Morgan fingerprint density at radius 2 is 1.85 bits per heavy atom. The van der Waals surface area contributed by atoms with Gasteiger partial charge in [-0.05, 0) is 36.9 Å². The zero-order chi connectivity index (χ0) is 18.8. The summed E-state index contributed by atoms with van der Waals surface area (Å²) in [6.07, 6.45) is 3.62. The summed E-state index contributed by atoms with van der Waals surface area (Å²) in [7, 11) is 2.13. The van der Waals surface area contributed by atoms with E-state index in [1.54, 1.807) is 0 Å². The van der Waals surface area contributed by atoms with Crippen molar-refractivity contribution in [2.45, 2.75) is 6.04 Å². The number of pyridine rings is 1. The van der Waals surface area contributed by atoms with Crippen molar-refractivity contribution in [3.05, 3.63) is 53.8 Å². The fraction of sp³-hybridized carbons (Fsp3) is 0.300. The summed E-state index contributed by atoms with van der Waals surface area (Å²) in [6, 6.07) is 12.1. The number of nitrogens with two attached hydrogens (primary N) is 1. The van der Waals surface area contributed by atoms with E-state index in [4.69, 9.17) is 17.3 Å². The molecule has 0 radical (unpaired) electrons. The van der Waals surface area contributed by atoms with Crippen LogP contribution in [0.4, 0.5) is 5.82 Å². The molecule has 27 heavy (non-hydrogen) atoms. The molecule has 2 aromatic heterocycles. The molecule has 1 atom stereocenters. The van der Waals surface area contributed by atoms with E-state index in [0.717, 1.165) is 47.8 Å². The van der Waals surface area contributed by atoms with Crippen LogP contribution in [0.1, 0.15) is 0 Å². The number of halogens is 1. The van der Waals surface area contributed by atoms with Crippen molar-refractivity contribution >= 4 is 17.4 Å². The third-order valence-corrected chi connectivity index (χ3v) is 5.45. The van der Waals surface area contributed by atoms with Crippen LogP contribution in [0.15, 0.2) is 48.8 Å². The largest absolute Gasteiger partial charge is 0.354 e. The Kier molecular flexibility index (Phi) is 5.11. The Hall–Kier alpha value is -2.41. The van der Waals surface area contributed by atoms with Gasteiger partial charge < -0.3 is 10.6 Å². The van der Waals surface area contributed by atoms with Crippen molar-refractivity contribution in [1.29, 1.82) is 0 Å². The number of rotatable bonds is 4. The van der Waals surface area contributed by atoms with Gasteiger partial charge in [0.25, 0.3) is 0 Å². The first kappa shape index (κ1) is 18.0. The summed E-state index contributed by atoms with van der Waals surface area (Å²) in [5.41, 5.74) is 10.1. The van der Waals surface area contributed by atoms with Crippen molar-refractivity contribution in [2.24, 2.45) is 5.73 Å². The number of H-pyrrole nitrogens is 1. The fourth-order valence-corrected chi connectivity index (χ4v) is 3.70. The summed E-state index contributed by atoms with van der Waals surface area (Å²) < 4.78 is 0. The van der Waals surface area contributed by atoms with Crippen LogP contribution in [-0.4, -0.2) is 59.3 Å². The van der Waals surface area contributed by atoms with Crippen LogP contribution in [0, 0.1) is 0 Å². The van der Waals surface area contributed by atoms with Crippen molar-refractivity contribution in [2.75, 3.05) is 38.1 Å². The van der Waals surface area contributed by atoms with E-state index in [1.165, 1.54) is 0 Å². The maximum Gasteiger partial charge on any atom is 0.132 e. The van der Waals surface area contributed by atoms with E-state index in [-0.39, 0.29) is 0 Å². The molecule has 1 unspecified atom stereocenters. The van der Waals surface area contributed by atoms with Gasteiger partial charge in [-0.3, -0.25) is 15.0 Å².